The minimum Gasteiger partial charge on any atom is -0.383 e. The molecule has 0 aliphatic carbocycles. The smallest absolute Gasteiger partial charge is 0.145 e. The Morgan fingerprint density at radius 2 is 2.33 bits per heavy atom. The third kappa shape index (κ3) is 1.21. The predicted molar refractivity (Wildman–Crippen MR) is 52.4 cm³/mol. The summed E-state index contributed by atoms with van der Waals surface area (Å²) in [6, 6.07) is 0. The second kappa shape index (κ2) is 2.84. The van der Waals surface area contributed by atoms with E-state index in [1.807, 2.05) is 12.3 Å². The third-order valence-electron chi connectivity index (χ3n) is 1.48. The van der Waals surface area contributed by atoms with Gasteiger partial charge in [-0.15, -0.1) is 22.7 Å². The standard InChI is InChI=1S/C7H7N3S2/c1-4-6(8)10-7(12-4)5-2-11-3-9-5/h2-3H,8H2,1H3. The molecule has 0 atom stereocenters. The summed E-state index contributed by atoms with van der Waals surface area (Å²) < 4.78 is 0. The van der Waals surface area contributed by atoms with Crippen LogP contribution in [0.5, 0.6) is 0 Å². The maximum absolute atomic E-state index is 5.62. The molecule has 0 fully saturated rings. The van der Waals surface area contributed by atoms with Gasteiger partial charge in [0.25, 0.3) is 0 Å². The van der Waals surface area contributed by atoms with Gasteiger partial charge in [0.05, 0.1) is 5.51 Å². The minimum absolute atomic E-state index is 0.614. The Morgan fingerprint density at radius 3 is 2.83 bits per heavy atom. The van der Waals surface area contributed by atoms with E-state index in [4.69, 9.17) is 5.73 Å². The lowest BCUT2D eigenvalue weighted by molar-refractivity contribution is 1.34. The summed E-state index contributed by atoms with van der Waals surface area (Å²) in [5.41, 5.74) is 8.34. The van der Waals surface area contributed by atoms with Crippen LogP contribution in [0.1, 0.15) is 4.88 Å². The molecule has 0 saturated heterocycles. The molecule has 12 heavy (non-hydrogen) atoms. The van der Waals surface area contributed by atoms with Crippen LogP contribution in [0.25, 0.3) is 10.7 Å². The highest BCUT2D eigenvalue weighted by molar-refractivity contribution is 7.15. The Morgan fingerprint density at radius 1 is 1.50 bits per heavy atom. The first-order valence-corrected chi connectivity index (χ1v) is 5.15. The van der Waals surface area contributed by atoms with E-state index in [0.717, 1.165) is 15.6 Å². The first-order chi connectivity index (χ1) is 5.77. The molecule has 2 aromatic heterocycles. The molecule has 2 aromatic rings. The predicted octanol–water partition coefficient (Wildman–Crippen LogP) is 2.16. The van der Waals surface area contributed by atoms with Crippen LogP contribution < -0.4 is 5.73 Å². The molecule has 0 spiro atoms. The Balaban J connectivity index is 2.48. The second-order valence-corrected chi connectivity index (χ2v) is 4.26. The Hall–Kier alpha value is -0.940. The van der Waals surface area contributed by atoms with Crippen molar-refractivity contribution in [2.45, 2.75) is 6.92 Å². The summed E-state index contributed by atoms with van der Waals surface area (Å²) in [6.07, 6.45) is 0. The number of hydrogen-bond donors (Lipinski definition) is 1. The molecule has 0 aromatic carbocycles. The SMILES string of the molecule is Cc1sc(-c2cscn2)nc1N. The van der Waals surface area contributed by atoms with E-state index in [1.54, 1.807) is 28.2 Å². The molecule has 3 nitrogen and oxygen atoms in total. The topological polar surface area (TPSA) is 51.8 Å². The molecule has 0 unspecified atom stereocenters. The van der Waals surface area contributed by atoms with Crippen molar-refractivity contribution >= 4 is 28.5 Å². The number of nitrogen functional groups attached to an aromatic ring is 1. The maximum atomic E-state index is 5.62. The fraction of sp³-hybridized carbons (Fsp3) is 0.143. The summed E-state index contributed by atoms with van der Waals surface area (Å²) >= 11 is 3.14. The van der Waals surface area contributed by atoms with Crippen LogP contribution in [0.3, 0.4) is 0 Å². The van der Waals surface area contributed by atoms with Gasteiger partial charge in [0.15, 0.2) is 0 Å². The van der Waals surface area contributed by atoms with Crippen molar-refractivity contribution in [2.75, 3.05) is 5.73 Å². The van der Waals surface area contributed by atoms with Crippen molar-refractivity contribution in [2.24, 2.45) is 0 Å². The monoisotopic (exact) mass is 197 g/mol. The molecule has 0 bridgehead atoms. The van der Waals surface area contributed by atoms with Crippen LogP contribution in [0.2, 0.25) is 0 Å². The highest BCUT2D eigenvalue weighted by Crippen LogP contribution is 2.28. The third-order valence-corrected chi connectivity index (χ3v) is 3.08. The Labute approximate surface area is 77.9 Å². The Kier molecular flexibility index (Phi) is 1.82. The van der Waals surface area contributed by atoms with Gasteiger partial charge in [0.1, 0.15) is 16.5 Å². The molecule has 0 aliphatic heterocycles. The molecule has 2 rings (SSSR count). The lowest BCUT2D eigenvalue weighted by atomic mass is 10.5. The lowest BCUT2D eigenvalue weighted by Gasteiger charge is -1.83. The molecular weight excluding hydrogens is 190 g/mol. The number of nitrogens with two attached hydrogens (primary N) is 1. The van der Waals surface area contributed by atoms with Gasteiger partial charge in [-0.25, -0.2) is 9.97 Å². The number of aryl methyl sites for hydroxylation is 1. The largest absolute Gasteiger partial charge is 0.383 e. The molecule has 2 N–H and O–H groups in total. The van der Waals surface area contributed by atoms with Gasteiger partial charge in [-0.05, 0) is 6.92 Å². The van der Waals surface area contributed by atoms with E-state index in [1.165, 1.54) is 0 Å². The summed E-state index contributed by atoms with van der Waals surface area (Å²) in [5.74, 6) is 0.614. The van der Waals surface area contributed by atoms with E-state index in [9.17, 15) is 0 Å². The van der Waals surface area contributed by atoms with Gasteiger partial charge in [0, 0.05) is 10.3 Å². The molecule has 62 valence electrons. The van der Waals surface area contributed by atoms with E-state index in [-0.39, 0.29) is 0 Å². The zero-order valence-electron chi connectivity index (χ0n) is 6.44. The summed E-state index contributed by atoms with van der Waals surface area (Å²) in [4.78, 5) is 9.40. The number of aromatic nitrogens is 2. The van der Waals surface area contributed by atoms with Gasteiger partial charge < -0.3 is 5.73 Å². The first-order valence-electron chi connectivity index (χ1n) is 3.39. The van der Waals surface area contributed by atoms with Crippen LogP contribution in [0.15, 0.2) is 10.9 Å². The van der Waals surface area contributed by atoms with E-state index in [2.05, 4.69) is 9.97 Å². The highest BCUT2D eigenvalue weighted by atomic mass is 32.1. The quantitative estimate of drug-likeness (QED) is 0.762. The highest BCUT2D eigenvalue weighted by Gasteiger charge is 2.07. The minimum atomic E-state index is 0.614. The molecule has 0 saturated carbocycles. The van der Waals surface area contributed by atoms with Gasteiger partial charge in [0.2, 0.25) is 0 Å². The van der Waals surface area contributed by atoms with Crippen LogP contribution in [0.4, 0.5) is 5.82 Å². The molecular formula is C7H7N3S2. The zero-order valence-corrected chi connectivity index (χ0v) is 8.08. The second-order valence-electron chi connectivity index (χ2n) is 2.33. The van der Waals surface area contributed by atoms with Crippen molar-refractivity contribution < 1.29 is 0 Å². The van der Waals surface area contributed by atoms with E-state index in [0.29, 0.717) is 5.82 Å². The van der Waals surface area contributed by atoms with Crippen LogP contribution >= 0.6 is 22.7 Å². The fourth-order valence-corrected chi connectivity index (χ4v) is 2.25. The fourth-order valence-electron chi connectivity index (χ4n) is 0.836. The van der Waals surface area contributed by atoms with E-state index < -0.39 is 0 Å². The van der Waals surface area contributed by atoms with Crippen molar-refractivity contribution in [1.29, 1.82) is 0 Å². The summed E-state index contributed by atoms with van der Waals surface area (Å²) in [5, 5.41) is 2.88. The molecule has 5 heteroatoms. The van der Waals surface area contributed by atoms with Crippen molar-refractivity contribution in [3.63, 3.8) is 0 Å². The van der Waals surface area contributed by atoms with Crippen LogP contribution in [0, 0.1) is 6.92 Å². The molecule has 0 amide bonds. The van der Waals surface area contributed by atoms with Gasteiger partial charge >= 0.3 is 0 Å². The normalized spacial score (nSPS) is 10.4. The lowest BCUT2D eigenvalue weighted by Crippen LogP contribution is -1.85. The van der Waals surface area contributed by atoms with Crippen LogP contribution in [-0.2, 0) is 0 Å². The van der Waals surface area contributed by atoms with Gasteiger partial charge in [-0.1, -0.05) is 0 Å². The number of nitrogens with zero attached hydrogens (tertiary/aromatic N) is 2. The number of rotatable bonds is 1. The Bertz CT molecular complexity index is 358. The zero-order chi connectivity index (χ0) is 8.55. The summed E-state index contributed by atoms with van der Waals surface area (Å²) in [7, 11) is 0. The molecule has 0 radical (unpaired) electrons. The van der Waals surface area contributed by atoms with Gasteiger partial charge in [-0.2, -0.15) is 0 Å². The number of anilines is 1. The molecule has 2 heterocycles. The van der Waals surface area contributed by atoms with Crippen molar-refractivity contribution in [1.82, 2.24) is 9.97 Å². The van der Waals surface area contributed by atoms with Crippen molar-refractivity contribution in [3.8, 4) is 10.7 Å². The first kappa shape index (κ1) is 7.70. The number of thiazole rings is 2. The van der Waals surface area contributed by atoms with E-state index >= 15 is 0 Å². The average molecular weight is 197 g/mol. The van der Waals surface area contributed by atoms with Crippen LogP contribution in [-0.4, -0.2) is 9.97 Å². The average Bonchev–Trinajstić information content (AvgIpc) is 2.61. The van der Waals surface area contributed by atoms with Gasteiger partial charge in [-0.3, -0.25) is 0 Å². The molecule has 0 aliphatic rings. The maximum Gasteiger partial charge on any atom is 0.145 e. The summed E-state index contributed by atoms with van der Waals surface area (Å²) in [6.45, 7) is 1.96. The van der Waals surface area contributed by atoms with Crippen molar-refractivity contribution in [3.05, 3.63) is 15.8 Å². The number of hydrogen-bond acceptors (Lipinski definition) is 5.